The van der Waals surface area contributed by atoms with Gasteiger partial charge in [-0.2, -0.15) is 5.10 Å². The molecule has 1 saturated heterocycles. The van der Waals surface area contributed by atoms with E-state index in [1.54, 1.807) is 18.1 Å². The van der Waals surface area contributed by atoms with Crippen molar-refractivity contribution in [2.45, 2.75) is 31.6 Å². The van der Waals surface area contributed by atoms with E-state index in [4.69, 9.17) is 10.5 Å². The Morgan fingerprint density at radius 1 is 1.71 bits per heavy atom. The van der Waals surface area contributed by atoms with Gasteiger partial charge in [0.25, 0.3) is 5.91 Å². The number of rotatable bonds is 4. The number of hydrogen-bond donors (Lipinski definition) is 2. The van der Waals surface area contributed by atoms with Gasteiger partial charge < -0.3 is 15.4 Å². The van der Waals surface area contributed by atoms with E-state index < -0.39 is 0 Å². The molecular weight excluding hydrogens is 220 g/mol. The third-order valence-electron chi connectivity index (χ3n) is 2.99. The zero-order valence-corrected chi connectivity index (χ0v) is 9.93. The molecule has 2 rings (SSSR count). The molecule has 0 bridgehead atoms. The SMILES string of the molecule is CN(Cc1ccn[nH]1)C(=O)[C@@H]1CC[C@H](CN)O1. The highest BCUT2D eigenvalue weighted by molar-refractivity contribution is 5.80. The Hall–Kier alpha value is -1.40. The summed E-state index contributed by atoms with van der Waals surface area (Å²) in [6, 6.07) is 1.85. The molecular formula is C11H18N4O2. The number of aromatic nitrogens is 2. The first-order valence-corrected chi connectivity index (χ1v) is 5.79. The highest BCUT2D eigenvalue weighted by atomic mass is 16.5. The van der Waals surface area contributed by atoms with Crippen LogP contribution in [0, 0.1) is 0 Å². The smallest absolute Gasteiger partial charge is 0.251 e. The van der Waals surface area contributed by atoms with Crippen LogP contribution in [-0.4, -0.2) is 46.8 Å². The van der Waals surface area contributed by atoms with Crippen molar-refractivity contribution >= 4 is 5.91 Å². The number of H-pyrrole nitrogens is 1. The Morgan fingerprint density at radius 3 is 3.12 bits per heavy atom. The molecule has 94 valence electrons. The Morgan fingerprint density at radius 2 is 2.53 bits per heavy atom. The molecule has 1 amide bonds. The maximum absolute atomic E-state index is 12.1. The predicted molar refractivity (Wildman–Crippen MR) is 62.0 cm³/mol. The monoisotopic (exact) mass is 238 g/mol. The van der Waals surface area contributed by atoms with Crippen molar-refractivity contribution < 1.29 is 9.53 Å². The first-order chi connectivity index (χ1) is 8.20. The van der Waals surface area contributed by atoms with Crippen LogP contribution >= 0.6 is 0 Å². The highest BCUT2D eigenvalue weighted by Gasteiger charge is 2.31. The van der Waals surface area contributed by atoms with Gasteiger partial charge in [0.05, 0.1) is 18.3 Å². The van der Waals surface area contributed by atoms with Gasteiger partial charge in [-0.15, -0.1) is 0 Å². The van der Waals surface area contributed by atoms with E-state index in [2.05, 4.69) is 10.2 Å². The number of nitrogens with one attached hydrogen (secondary N) is 1. The summed E-state index contributed by atoms with van der Waals surface area (Å²) in [6.07, 6.45) is 2.99. The Balaban J connectivity index is 1.87. The molecule has 17 heavy (non-hydrogen) atoms. The molecule has 1 aromatic heterocycles. The topological polar surface area (TPSA) is 84.2 Å². The van der Waals surface area contributed by atoms with E-state index in [0.717, 1.165) is 18.5 Å². The van der Waals surface area contributed by atoms with Crippen LogP contribution in [0.4, 0.5) is 0 Å². The van der Waals surface area contributed by atoms with Crippen molar-refractivity contribution in [3.63, 3.8) is 0 Å². The molecule has 6 heteroatoms. The van der Waals surface area contributed by atoms with Crippen molar-refractivity contribution in [3.8, 4) is 0 Å². The lowest BCUT2D eigenvalue weighted by molar-refractivity contribution is -0.141. The van der Waals surface area contributed by atoms with Gasteiger partial charge in [0.15, 0.2) is 0 Å². The lowest BCUT2D eigenvalue weighted by atomic mass is 10.2. The number of ether oxygens (including phenoxy) is 1. The standard InChI is InChI=1S/C11H18N4O2/c1-15(7-8-4-5-13-14-8)11(16)10-3-2-9(6-12)17-10/h4-5,9-10H,2-3,6-7,12H2,1H3,(H,13,14)/t9-,10+/m1/s1. The summed E-state index contributed by atoms with van der Waals surface area (Å²) in [6.45, 7) is 1.00. The van der Waals surface area contributed by atoms with Gasteiger partial charge in [-0.25, -0.2) is 0 Å². The highest BCUT2D eigenvalue weighted by Crippen LogP contribution is 2.20. The van der Waals surface area contributed by atoms with Crippen LogP contribution < -0.4 is 5.73 Å². The zero-order chi connectivity index (χ0) is 12.3. The lowest BCUT2D eigenvalue weighted by Gasteiger charge is -2.20. The molecule has 0 aromatic carbocycles. The molecule has 0 aliphatic carbocycles. The maximum Gasteiger partial charge on any atom is 0.251 e. The van der Waals surface area contributed by atoms with Crippen molar-refractivity contribution in [2.24, 2.45) is 5.73 Å². The molecule has 6 nitrogen and oxygen atoms in total. The second kappa shape index (κ2) is 5.29. The third kappa shape index (κ3) is 2.83. The van der Waals surface area contributed by atoms with E-state index in [1.807, 2.05) is 6.07 Å². The van der Waals surface area contributed by atoms with Crippen LogP contribution in [-0.2, 0) is 16.1 Å². The minimum atomic E-state index is -0.337. The average Bonchev–Trinajstić information content (AvgIpc) is 2.98. The van der Waals surface area contributed by atoms with Crippen molar-refractivity contribution in [3.05, 3.63) is 18.0 Å². The molecule has 2 atom stereocenters. The first kappa shape index (κ1) is 12.1. The molecule has 1 aromatic rings. The van der Waals surface area contributed by atoms with Crippen LogP contribution in [0.2, 0.25) is 0 Å². The second-order valence-electron chi connectivity index (χ2n) is 4.34. The number of carbonyl (C=O) groups excluding carboxylic acids is 1. The Bertz CT molecular complexity index is 366. The van der Waals surface area contributed by atoms with E-state index in [0.29, 0.717) is 13.1 Å². The largest absolute Gasteiger partial charge is 0.364 e. The number of likely N-dealkylation sites (N-methyl/N-ethyl adjacent to an activating group) is 1. The fourth-order valence-electron chi connectivity index (χ4n) is 2.01. The van der Waals surface area contributed by atoms with Crippen LogP contribution in [0.15, 0.2) is 12.3 Å². The van der Waals surface area contributed by atoms with Crippen LogP contribution in [0.1, 0.15) is 18.5 Å². The van der Waals surface area contributed by atoms with E-state index in [1.165, 1.54) is 0 Å². The minimum absolute atomic E-state index is 0.00977. The number of amides is 1. The summed E-state index contributed by atoms with van der Waals surface area (Å²) in [7, 11) is 1.77. The normalized spacial score (nSPS) is 23.9. The minimum Gasteiger partial charge on any atom is -0.364 e. The fraction of sp³-hybridized carbons (Fsp3) is 0.636. The van der Waals surface area contributed by atoms with Crippen molar-refractivity contribution in [1.82, 2.24) is 15.1 Å². The molecule has 0 radical (unpaired) electrons. The van der Waals surface area contributed by atoms with Gasteiger partial charge in [-0.05, 0) is 18.9 Å². The second-order valence-corrected chi connectivity index (χ2v) is 4.34. The number of nitrogens with two attached hydrogens (primary N) is 1. The molecule has 1 aliphatic rings. The molecule has 0 unspecified atom stereocenters. The quantitative estimate of drug-likeness (QED) is 0.765. The number of aromatic amines is 1. The van der Waals surface area contributed by atoms with Crippen LogP contribution in [0.3, 0.4) is 0 Å². The summed E-state index contributed by atoms with van der Waals surface area (Å²) in [5, 5.41) is 6.68. The van der Waals surface area contributed by atoms with E-state index in [9.17, 15) is 4.79 Å². The van der Waals surface area contributed by atoms with E-state index >= 15 is 0 Å². The average molecular weight is 238 g/mol. The summed E-state index contributed by atoms with van der Waals surface area (Å²) < 4.78 is 5.57. The molecule has 0 spiro atoms. The fourth-order valence-corrected chi connectivity index (χ4v) is 2.01. The van der Waals surface area contributed by atoms with Crippen molar-refractivity contribution in [1.29, 1.82) is 0 Å². The number of nitrogens with zero attached hydrogens (tertiary/aromatic N) is 2. The summed E-state index contributed by atoms with van der Waals surface area (Å²) in [5.41, 5.74) is 6.43. The summed E-state index contributed by atoms with van der Waals surface area (Å²) in [5.74, 6) is 0.00977. The third-order valence-corrected chi connectivity index (χ3v) is 2.99. The van der Waals surface area contributed by atoms with Crippen LogP contribution in [0.5, 0.6) is 0 Å². The van der Waals surface area contributed by atoms with Crippen LogP contribution in [0.25, 0.3) is 0 Å². The van der Waals surface area contributed by atoms with Gasteiger partial charge >= 0.3 is 0 Å². The Kier molecular flexibility index (Phi) is 3.75. The maximum atomic E-state index is 12.1. The van der Waals surface area contributed by atoms with Gasteiger partial charge in [0.2, 0.25) is 0 Å². The van der Waals surface area contributed by atoms with Crippen molar-refractivity contribution in [2.75, 3.05) is 13.6 Å². The van der Waals surface area contributed by atoms with Gasteiger partial charge in [-0.3, -0.25) is 9.89 Å². The predicted octanol–water partition coefficient (Wildman–Crippen LogP) is -0.126. The van der Waals surface area contributed by atoms with Gasteiger partial charge in [0.1, 0.15) is 6.10 Å². The molecule has 2 heterocycles. The lowest BCUT2D eigenvalue weighted by Crippen LogP contribution is -2.36. The first-order valence-electron chi connectivity index (χ1n) is 5.79. The van der Waals surface area contributed by atoms with Gasteiger partial charge in [-0.1, -0.05) is 0 Å². The summed E-state index contributed by atoms with van der Waals surface area (Å²) >= 11 is 0. The number of hydrogen-bond acceptors (Lipinski definition) is 4. The summed E-state index contributed by atoms with van der Waals surface area (Å²) in [4.78, 5) is 13.7. The van der Waals surface area contributed by atoms with Gasteiger partial charge in [0, 0.05) is 19.8 Å². The zero-order valence-electron chi connectivity index (χ0n) is 9.93. The molecule has 0 saturated carbocycles. The Labute approximate surface area is 100 Å². The molecule has 3 N–H and O–H groups in total. The van der Waals surface area contributed by atoms with E-state index in [-0.39, 0.29) is 18.1 Å². The number of carbonyl (C=O) groups is 1. The molecule has 1 fully saturated rings. The molecule has 1 aliphatic heterocycles.